The van der Waals surface area contributed by atoms with Gasteiger partial charge in [-0.15, -0.1) is 0 Å². The molecule has 0 aliphatic rings. The van der Waals surface area contributed by atoms with Crippen molar-refractivity contribution < 1.29 is 20.1 Å². The Kier molecular flexibility index (Phi) is 9.67. The van der Waals surface area contributed by atoms with Gasteiger partial charge in [-0.3, -0.25) is 4.90 Å². The van der Waals surface area contributed by atoms with E-state index in [0.29, 0.717) is 19.7 Å². The fourth-order valence-corrected chi connectivity index (χ4v) is 2.53. The molecule has 3 N–H and O–H groups in total. The highest BCUT2D eigenvalue weighted by Crippen LogP contribution is 2.16. The number of rotatable bonds is 12. The molecular formula is C18H31NO4. The summed E-state index contributed by atoms with van der Waals surface area (Å²) >= 11 is 0. The largest absolute Gasteiger partial charge is 0.508 e. The summed E-state index contributed by atoms with van der Waals surface area (Å²) in [4.78, 5) is 2.11. The number of aliphatic hydroxyl groups excluding tert-OH is 2. The summed E-state index contributed by atoms with van der Waals surface area (Å²) in [5, 5.41) is 28.1. The summed E-state index contributed by atoms with van der Waals surface area (Å²) in [6, 6.07) is 6.76. The van der Waals surface area contributed by atoms with Crippen LogP contribution in [0.25, 0.3) is 0 Å². The Hall–Kier alpha value is -1.30. The Bertz CT molecular complexity index is 396. The summed E-state index contributed by atoms with van der Waals surface area (Å²) in [5.41, 5.74) is 0. The number of ether oxygens (including phenoxy) is 1. The SMILES string of the molecule is CC(O)CN(CCCCCCOc1ccc(O)cc1)CC(C)O. The van der Waals surface area contributed by atoms with Crippen molar-refractivity contribution in [3.8, 4) is 11.5 Å². The highest BCUT2D eigenvalue weighted by molar-refractivity contribution is 5.29. The molecule has 0 heterocycles. The van der Waals surface area contributed by atoms with Gasteiger partial charge in [-0.2, -0.15) is 0 Å². The van der Waals surface area contributed by atoms with Crippen molar-refractivity contribution >= 4 is 0 Å². The van der Waals surface area contributed by atoms with Gasteiger partial charge in [-0.1, -0.05) is 12.8 Å². The third-order valence-electron chi connectivity index (χ3n) is 3.52. The first kappa shape index (κ1) is 19.7. The van der Waals surface area contributed by atoms with Crippen LogP contribution in [0.15, 0.2) is 24.3 Å². The topological polar surface area (TPSA) is 73.2 Å². The van der Waals surface area contributed by atoms with Crippen molar-refractivity contribution in [1.29, 1.82) is 0 Å². The van der Waals surface area contributed by atoms with Crippen LogP contribution < -0.4 is 4.74 Å². The van der Waals surface area contributed by atoms with Crippen molar-refractivity contribution in [2.75, 3.05) is 26.2 Å². The second kappa shape index (κ2) is 11.3. The minimum Gasteiger partial charge on any atom is -0.508 e. The summed E-state index contributed by atoms with van der Waals surface area (Å²) in [6.07, 6.45) is 3.51. The normalized spacial score (nSPS) is 14.0. The van der Waals surface area contributed by atoms with E-state index in [9.17, 15) is 15.3 Å². The summed E-state index contributed by atoms with van der Waals surface area (Å²) in [6.45, 7) is 6.33. The average molecular weight is 325 g/mol. The number of unbranched alkanes of at least 4 members (excludes halogenated alkanes) is 3. The van der Waals surface area contributed by atoms with Crippen LogP contribution in [0.3, 0.4) is 0 Å². The Morgan fingerprint density at radius 1 is 0.913 bits per heavy atom. The molecule has 0 amide bonds. The van der Waals surface area contributed by atoms with Gasteiger partial charge in [0.2, 0.25) is 0 Å². The third-order valence-corrected chi connectivity index (χ3v) is 3.52. The van der Waals surface area contributed by atoms with Gasteiger partial charge in [0.25, 0.3) is 0 Å². The highest BCUT2D eigenvalue weighted by atomic mass is 16.5. The Morgan fingerprint density at radius 2 is 1.48 bits per heavy atom. The number of aliphatic hydroxyl groups is 2. The molecule has 0 aromatic heterocycles. The number of aromatic hydroxyl groups is 1. The molecule has 0 aliphatic heterocycles. The summed E-state index contributed by atoms with van der Waals surface area (Å²) < 4.78 is 5.61. The second-order valence-corrected chi connectivity index (χ2v) is 6.21. The molecule has 1 aromatic carbocycles. The van der Waals surface area contributed by atoms with Gasteiger partial charge in [0.15, 0.2) is 0 Å². The predicted molar refractivity (Wildman–Crippen MR) is 91.9 cm³/mol. The molecule has 23 heavy (non-hydrogen) atoms. The van der Waals surface area contributed by atoms with E-state index in [4.69, 9.17) is 4.74 Å². The number of phenolic OH excluding ortho intramolecular Hbond substituents is 1. The molecule has 5 heteroatoms. The van der Waals surface area contributed by atoms with E-state index < -0.39 is 0 Å². The Labute approximate surface area is 139 Å². The van der Waals surface area contributed by atoms with Gasteiger partial charge < -0.3 is 20.1 Å². The molecule has 5 nitrogen and oxygen atoms in total. The lowest BCUT2D eigenvalue weighted by atomic mass is 10.2. The zero-order valence-electron chi connectivity index (χ0n) is 14.3. The van der Waals surface area contributed by atoms with Gasteiger partial charge in [-0.05, 0) is 57.5 Å². The maximum absolute atomic E-state index is 9.48. The van der Waals surface area contributed by atoms with Crippen LogP contribution in [0.5, 0.6) is 11.5 Å². The molecular weight excluding hydrogens is 294 g/mol. The standard InChI is InChI=1S/C18H31NO4/c1-15(20)13-19(14-16(2)21)11-5-3-4-6-12-23-18-9-7-17(22)8-10-18/h7-10,15-16,20-22H,3-6,11-14H2,1-2H3. The zero-order valence-corrected chi connectivity index (χ0v) is 14.3. The molecule has 1 aromatic rings. The van der Waals surface area contributed by atoms with Crippen LogP contribution >= 0.6 is 0 Å². The fraction of sp³-hybridized carbons (Fsp3) is 0.667. The average Bonchev–Trinajstić information content (AvgIpc) is 2.46. The number of phenols is 1. The number of hydrogen-bond donors (Lipinski definition) is 3. The van der Waals surface area contributed by atoms with Gasteiger partial charge >= 0.3 is 0 Å². The monoisotopic (exact) mass is 325 g/mol. The molecule has 0 radical (unpaired) electrons. The molecule has 132 valence electrons. The molecule has 2 unspecified atom stereocenters. The quantitative estimate of drug-likeness (QED) is 0.515. The second-order valence-electron chi connectivity index (χ2n) is 6.21. The van der Waals surface area contributed by atoms with Crippen LogP contribution in [-0.4, -0.2) is 58.7 Å². The van der Waals surface area contributed by atoms with E-state index in [1.807, 2.05) is 0 Å². The van der Waals surface area contributed by atoms with Gasteiger partial charge in [0.1, 0.15) is 11.5 Å². The van der Waals surface area contributed by atoms with Crippen molar-refractivity contribution in [3.05, 3.63) is 24.3 Å². The molecule has 1 rings (SSSR count). The van der Waals surface area contributed by atoms with Crippen LogP contribution in [0.2, 0.25) is 0 Å². The van der Waals surface area contributed by atoms with Crippen molar-refractivity contribution in [2.45, 2.75) is 51.7 Å². The number of benzene rings is 1. The molecule has 2 atom stereocenters. The Morgan fingerprint density at radius 3 is 2.04 bits per heavy atom. The molecule has 0 aliphatic carbocycles. The lowest BCUT2D eigenvalue weighted by Gasteiger charge is -2.24. The van der Waals surface area contributed by atoms with Crippen molar-refractivity contribution in [1.82, 2.24) is 4.90 Å². The van der Waals surface area contributed by atoms with E-state index >= 15 is 0 Å². The van der Waals surface area contributed by atoms with Crippen LogP contribution in [-0.2, 0) is 0 Å². The third kappa shape index (κ3) is 10.2. The van der Waals surface area contributed by atoms with E-state index in [0.717, 1.165) is 38.0 Å². The molecule has 0 bridgehead atoms. The minimum atomic E-state index is -0.368. The van der Waals surface area contributed by atoms with Crippen molar-refractivity contribution in [2.24, 2.45) is 0 Å². The Balaban J connectivity index is 2.07. The zero-order chi connectivity index (χ0) is 17.1. The van der Waals surface area contributed by atoms with Crippen LogP contribution in [0.1, 0.15) is 39.5 Å². The van der Waals surface area contributed by atoms with E-state index in [-0.39, 0.29) is 18.0 Å². The van der Waals surface area contributed by atoms with Crippen LogP contribution in [0.4, 0.5) is 0 Å². The lowest BCUT2D eigenvalue weighted by molar-refractivity contribution is 0.0824. The number of nitrogens with zero attached hydrogens (tertiary/aromatic N) is 1. The maximum atomic E-state index is 9.48. The minimum absolute atomic E-state index is 0.247. The van der Waals surface area contributed by atoms with E-state index in [2.05, 4.69) is 4.90 Å². The lowest BCUT2D eigenvalue weighted by Crippen LogP contribution is -2.36. The first-order chi connectivity index (χ1) is 11.0. The molecule has 0 fully saturated rings. The van der Waals surface area contributed by atoms with E-state index in [1.54, 1.807) is 38.1 Å². The number of hydrogen-bond acceptors (Lipinski definition) is 5. The highest BCUT2D eigenvalue weighted by Gasteiger charge is 2.10. The molecule has 0 saturated heterocycles. The van der Waals surface area contributed by atoms with Crippen LogP contribution in [0, 0.1) is 0 Å². The molecule has 0 saturated carbocycles. The molecule has 0 spiro atoms. The van der Waals surface area contributed by atoms with E-state index in [1.165, 1.54) is 0 Å². The predicted octanol–water partition coefficient (Wildman–Crippen LogP) is 2.40. The first-order valence-corrected chi connectivity index (χ1v) is 8.47. The fourth-order valence-electron chi connectivity index (χ4n) is 2.53. The van der Waals surface area contributed by atoms with Crippen molar-refractivity contribution in [3.63, 3.8) is 0 Å². The smallest absolute Gasteiger partial charge is 0.119 e. The van der Waals surface area contributed by atoms with Gasteiger partial charge in [0.05, 0.1) is 18.8 Å². The summed E-state index contributed by atoms with van der Waals surface area (Å²) in [7, 11) is 0. The first-order valence-electron chi connectivity index (χ1n) is 8.47. The van der Waals surface area contributed by atoms with Gasteiger partial charge in [0, 0.05) is 13.1 Å². The van der Waals surface area contributed by atoms with Gasteiger partial charge in [-0.25, -0.2) is 0 Å². The summed E-state index contributed by atoms with van der Waals surface area (Å²) in [5.74, 6) is 1.03. The maximum Gasteiger partial charge on any atom is 0.119 e.